The monoisotopic (exact) mass is 387 g/mol. The molecule has 1 aromatic carbocycles. The molecule has 1 amide bonds. The largest absolute Gasteiger partial charge is 0.416 e. The van der Waals surface area contributed by atoms with Crippen molar-refractivity contribution in [1.29, 1.82) is 0 Å². The second-order valence-corrected chi connectivity index (χ2v) is 5.76. The molecule has 0 radical (unpaired) electrons. The molecule has 2 aromatic rings. The maximum atomic E-state index is 12.8. The number of hydrogen-bond donors (Lipinski definition) is 2. The lowest BCUT2D eigenvalue weighted by Gasteiger charge is -2.12. The Bertz CT molecular complexity index is 769. The summed E-state index contributed by atoms with van der Waals surface area (Å²) in [6, 6.07) is 5.90. The predicted octanol–water partition coefficient (Wildman–Crippen LogP) is 4.45. The minimum Gasteiger partial charge on any atom is -0.385 e. The van der Waals surface area contributed by atoms with Crippen molar-refractivity contribution in [3.8, 4) is 0 Å². The number of methoxy groups -OCH3 is 1. The van der Waals surface area contributed by atoms with Gasteiger partial charge in [0.2, 0.25) is 0 Å². The molecule has 0 saturated carbocycles. The zero-order chi connectivity index (χ0) is 19.2. The summed E-state index contributed by atoms with van der Waals surface area (Å²) in [5, 5.41) is 5.47. The maximum absolute atomic E-state index is 12.8. The molecule has 9 heteroatoms. The summed E-state index contributed by atoms with van der Waals surface area (Å²) in [4.78, 5) is 16.2. The van der Waals surface area contributed by atoms with Crippen molar-refractivity contribution in [2.75, 3.05) is 30.9 Å². The van der Waals surface area contributed by atoms with Crippen LogP contribution in [0.5, 0.6) is 0 Å². The average molecular weight is 388 g/mol. The smallest absolute Gasteiger partial charge is 0.385 e. The lowest BCUT2D eigenvalue weighted by Crippen LogP contribution is -2.15. The number of anilines is 2. The van der Waals surface area contributed by atoms with Crippen molar-refractivity contribution in [2.45, 2.75) is 12.6 Å². The molecule has 0 fully saturated rings. The Morgan fingerprint density at radius 2 is 2.04 bits per heavy atom. The van der Waals surface area contributed by atoms with E-state index in [4.69, 9.17) is 16.3 Å². The summed E-state index contributed by atoms with van der Waals surface area (Å²) < 4.78 is 43.3. The van der Waals surface area contributed by atoms with Crippen LogP contribution in [0.25, 0.3) is 0 Å². The lowest BCUT2D eigenvalue weighted by atomic mass is 10.2. The summed E-state index contributed by atoms with van der Waals surface area (Å²) in [5.41, 5.74) is -0.322. The van der Waals surface area contributed by atoms with Gasteiger partial charge < -0.3 is 15.4 Å². The maximum Gasteiger partial charge on any atom is 0.416 e. The van der Waals surface area contributed by atoms with Gasteiger partial charge in [-0.25, -0.2) is 0 Å². The van der Waals surface area contributed by atoms with Crippen molar-refractivity contribution < 1.29 is 22.7 Å². The van der Waals surface area contributed by atoms with Crippen molar-refractivity contribution in [1.82, 2.24) is 4.98 Å². The first kappa shape index (κ1) is 20.0. The Hall–Kier alpha value is -2.32. The number of carbonyl (C=O) groups is 1. The number of hydrogen-bond acceptors (Lipinski definition) is 4. The van der Waals surface area contributed by atoms with Crippen LogP contribution in [-0.2, 0) is 10.9 Å². The van der Waals surface area contributed by atoms with E-state index in [9.17, 15) is 18.0 Å². The molecule has 140 valence electrons. The zero-order valence-electron chi connectivity index (χ0n) is 13.9. The third-order valence-electron chi connectivity index (χ3n) is 3.39. The first-order chi connectivity index (χ1) is 12.3. The van der Waals surface area contributed by atoms with Crippen molar-refractivity contribution in [3.05, 3.63) is 52.8 Å². The van der Waals surface area contributed by atoms with Gasteiger partial charge in [-0.3, -0.25) is 9.78 Å². The Labute approximate surface area is 153 Å². The second-order valence-electron chi connectivity index (χ2n) is 5.35. The second kappa shape index (κ2) is 8.86. The number of aromatic nitrogens is 1. The highest BCUT2D eigenvalue weighted by Gasteiger charge is 2.31. The van der Waals surface area contributed by atoms with Crippen LogP contribution in [0.15, 0.2) is 36.5 Å². The van der Waals surface area contributed by atoms with Crippen LogP contribution in [0.2, 0.25) is 5.02 Å². The molecule has 2 rings (SSSR count). The van der Waals surface area contributed by atoms with E-state index in [1.807, 2.05) is 0 Å². The number of halogens is 4. The number of nitrogens with zero attached hydrogens (tertiary/aromatic N) is 1. The number of carbonyl (C=O) groups excluding carboxylic acids is 1. The Balaban J connectivity index is 2.10. The fraction of sp³-hybridized carbons (Fsp3) is 0.294. The van der Waals surface area contributed by atoms with Gasteiger partial charge in [-0.05, 0) is 36.8 Å². The molecule has 2 N–H and O–H groups in total. The Kier molecular flexibility index (Phi) is 6.82. The Morgan fingerprint density at radius 1 is 1.27 bits per heavy atom. The van der Waals surface area contributed by atoms with Gasteiger partial charge in [-0.15, -0.1) is 0 Å². The van der Waals surface area contributed by atoms with Gasteiger partial charge in [0.15, 0.2) is 0 Å². The fourth-order valence-corrected chi connectivity index (χ4v) is 2.26. The van der Waals surface area contributed by atoms with E-state index < -0.39 is 17.6 Å². The highest BCUT2D eigenvalue weighted by Crippen LogP contribution is 2.33. The van der Waals surface area contributed by atoms with Gasteiger partial charge in [0.1, 0.15) is 5.69 Å². The van der Waals surface area contributed by atoms with Crippen molar-refractivity contribution >= 4 is 28.9 Å². The molecule has 0 bridgehead atoms. The van der Waals surface area contributed by atoms with Crippen molar-refractivity contribution in [3.63, 3.8) is 0 Å². The van der Waals surface area contributed by atoms with E-state index in [1.54, 1.807) is 13.2 Å². The van der Waals surface area contributed by atoms with E-state index in [0.717, 1.165) is 24.6 Å². The quantitative estimate of drug-likeness (QED) is 0.689. The van der Waals surface area contributed by atoms with E-state index in [1.165, 1.54) is 12.3 Å². The summed E-state index contributed by atoms with van der Waals surface area (Å²) >= 11 is 5.88. The number of rotatable bonds is 7. The van der Waals surface area contributed by atoms with Crippen LogP contribution in [-0.4, -0.2) is 31.2 Å². The molecule has 0 spiro atoms. The number of nitrogens with one attached hydrogen (secondary N) is 2. The van der Waals surface area contributed by atoms with E-state index in [2.05, 4.69) is 15.6 Å². The Morgan fingerprint density at radius 3 is 2.73 bits per heavy atom. The van der Waals surface area contributed by atoms with Gasteiger partial charge in [0.05, 0.1) is 16.3 Å². The molecule has 0 aliphatic carbocycles. The summed E-state index contributed by atoms with van der Waals surface area (Å²) in [5.74, 6) is -0.660. The normalized spacial score (nSPS) is 11.3. The highest BCUT2D eigenvalue weighted by atomic mass is 35.5. The lowest BCUT2D eigenvalue weighted by molar-refractivity contribution is -0.137. The van der Waals surface area contributed by atoms with Gasteiger partial charge >= 0.3 is 6.18 Å². The summed E-state index contributed by atoms with van der Waals surface area (Å²) in [7, 11) is 1.60. The fourth-order valence-electron chi connectivity index (χ4n) is 2.10. The molecule has 1 aromatic heterocycles. The molecule has 0 unspecified atom stereocenters. The standard InChI is InChI=1S/C17H17ClF3N3O2/c1-26-8-2-6-22-12-5-7-23-15(10-12)16(25)24-14-9-11(17(19,20)21)3-4-13(14)18/h3-5,7,9-10H,2,6,8H2,1H3,(H,22,23)(H,24,25). The van der Waals surface area contributed by atoms with Crippen LogP contribution in [0.3, 0.4) is 0 Å². The van der Waals surface area contributed by atoms with Crippen LogP contribution in [0.1, 0.15) is 22.5 Å². The third-order valence-corrected chi connectivity index (χ3v) is 3.72. The van der Waals surface area contributed by atoms with E-state index in [0.29, 0.717) is 18.8 Å². The van der Waals surface area contributed by atoms with Crippen LogP contribution < -0.4 is 10.6 Å². The first-order valence-electron chi connectivity index (χ1n) is 7.68. The SMILES string of the molecule is COCCCNc1ccnc(C(=O)Nc2cc(C(F)(F)F)ccc2Cl)c1. The first-order valence-corrected chi connectivity index (χ1v) is 8.06. The van der Waals surface area contributed by atoms with Gasteiger partial charge in [0.25, 0.3) is 5.91 Å². The van der Waals surface area contributed by atoms with E-state index >= 15 is 0 Å². The minimum absolute atomic E-state index is 0.000181. The van der Waals surface area contributed by atoms with Gasteiger partial charge in [-0.2, -0.15) is 13.2 Å². The van der Waals surface area contributed by atoms with E-state index in [-0.39, 0.29) is 16.4 Å². The summed E-state index contributed by atoms with van der Waals surface area (Å²) in [6.45, 7) is 1.23. The van der Waals surface area contributed by atoms with Gasteiger partial charge in [-0.1, -0.05) is 11.6 Å². The number of ether oxygens (including phenoxy) is 1. The molecule has 0 atom stereocenters. The van der Waals surface area contributed by atoms with Crippen LogP contribution in [0.4, 0.5) is 24.5 Å². The number of pyridine rings is 1. The zero-order valence-corrected chi connectivity index (χ0v) is 14.6. The van der Waals surface area contributed by atoms with Crippen LogP contribution >= 0.6 is 11.6 Å². The molecule has 5 nitrogen and oxygen atoms in total. The number of benzene rings is 1. The number of alkyl halides is 3. The molecular weight excluding hydrogens is 371 g/mol. The molecule has 0 saturated heterocycles. The van der Waals surface area contributed by atoms with Crippen molar-refractivity contribution in [2.24, 2.45) is 0 Å². The molecule has 26 heavy (non-hydrogen) atoms. The predicted molar refractivity (Wildman–Crippen MR) is 93.6 cm³/mol. The molecule has 0 aliphatic rings. The number of amides is 1. The summed E-state index contributed by atoms with van der Waals surface area (Å²) in [6.07, 6.45) is -2.32. The molecule has 0 aliphatic heterocycles. The van der Waals surface area contributed by atoms with Crippen LogP contribution in [0, 0.1) is 0 Å². The topological polar surface area (TPSA) is 63.2 Å². The molecular formula is C17H17ClF3N3O2. The minimum atomic E-state index is -4.53. The highest BCUT2D eigenvalue weighted by molar-refractivity contribution is 6.33. The average Bonchev–Trinajstić information content (AvgIpc) is 2.60. The molecule has 1 heterocycles. The third kappa shape index (κ3) is 5.60. The van der Waals surface area contributed by atoms with Gasteiger partial charge in [0, 0.05) is 32.1 Å².